The number of nitrogens with zero attached hydrogens (tertiary/aromatic N) is 3. The first-order valence-corrected chi connectivity index (χ1v) is 10.8. The normalized spacial score (nSPS) is 22.8. The number of ether oxygens (including phenoxy) is 1. The number of carbonyl (C=O) groups is 5. The number of aliphatic carboxylic acids is 1. The summed E-state index contributed by atoms with van der Waals surface area (Å²) in [6.07, 6.45) is -0.443. The number of oxime groups is 1. The number of amides is 3. The number of cyclic esters (lactones) is 1. The van der Waals surface area contributed by atoms with Crippen molar-refractivity contribution in [1.29, 1.82) is 0 Å². The smallest absolute Gasteiger partial charge is 0.372 e. The summed E-state index contributed by atoms with van der Waals surface area (Å²) >= 11 is 6.46. The van der Waals surface area contributed by atoms with Gasteiger partial charge in [0.25, 0.3) is 11.8 Å². The quantitative estimate of drug-likeness (QED) is 0.168. The highest BCUT2D eigenvalue weighted by atomic mass is 35.5. The Bertz CT molecular complexity index is 1010. The molecule has 33 heavy (non-hydrogen) atoms. The van der Waals surface area contributed by atoms with E-state index in [0.29, 0.717) is 5.06 Å². The molecule has 2 atom stereocenters. The molecule has 16 heteroatoms. The fourth-order valence-corrected chi connectivity index (χ4v) is 3.80. The van der Waals surface area contributed by atoms with Crippen LogP contribution in [-0.4, -0.2) is 82.4 Å². The number of hydrogen-bond acceptors (Lipinski definition) is 11. The molecule has 3 rings (SSSR count). The fraction of sp³-hybridized carbons (Fsp3) is 0.471. The lowest BCUT2D eigenvalue weighted by molar-refractivity contribution is -0.256. The van der Waals surface area contributed by atoms with Gasteiger partial charge in [-0.2, -0.15) is 5.06 Å². The lowest BCUT2D eigenvalue weighted by Gasteiger charge is -2.30. The lowest BCUT2D eigenvalue weighted by Crippen LogP contribution is -2.55. The van der Waals surface area contributed by atoms with E-state index in [1.807, 2.05) is 0 Å². The van der Waals surface area contributed by atoms with Gasteiger partial charge >= 0.3 is 17.7 Å². The summed E-state index contributed by atoms with van der Waals surface area (Å²) in [7, 11) is 1.22. The number of carboxylic acid groups (broad SMARTS) is 1. The first-order valence-electron chi connectivity index (χ1n) is 9.35. The van der Waals surface area contributed by atoms with E-state index in [0.717, 1.165) is 11.3 Å². The minimum absolute atomic E-state index is 0.0996. The van der Waals surface area contributed by atoms with Crippen molar-refractivity contribution in [1.82, 2.24) is 15.4 Å². The van der Waals surface area contributed by atoms with Crippen LogP contribution in [0.4, 0.5) is 5.13 Å². The summed E-state index contributed by atoms with van der Waals surface area (Å²) < 4.78 is 4.88. The largest absolute Gasteiger partial charge is 0.477 e. The van der Waals surface area contributed by atoms with Gasteiger partial charge in [-0.1, -0.05) is 5.16 Å². The second-order valence-corrected chi connectivity index (χ2v) is 7.87. The predicted octanol–water partition coefficient (Wildman–Crippen LogP) is -0.705. The van der Waals surface area contributed by atoms with Crippen LogP contribution < -0.4 is 10.6 Å². The summed E-state index contributed by atoms with van der Waals surface area (Å²) in [4.78, 5) is 73.9. The molecule has 2 fully saturated rings. The molecule has 14 nitrogen and oxygen atoms in total. The minimum atomic E-state index is -2.24. The van der Waals surface area contributed by atoms with E-state index in [1.165, 1.54) is 12.5 Å². The molecule has 0 spiro atoms. The number of esters is 1. The van der Waals surface area contributed by atoms with Crippen LogP contribution in [0.15, 0.2) is 10.5 Å². The van der Waals surface area contributed by atoms with Crippen molar-refractivity contribution in [2.75, 3.05) is 31.5 Å². The van der Waals surface area contributed by atoms with Crippen molar-refractivity contribution in [3.05, 3.63) is 11.1 Å². The van der Waals surface area contributed by atoms with Crippen molar-refractivity contribution in [3.63, 3.8) is 0 Å². The molecule has 0 saturated carbocycles. The van der Waals surface area contributed by atoms with Gasteiger partial charge in [0.1, 0.15) is 18.7 Å². The number of aromatic nitrogens is 1. The van der Waals surface area contributed by atoms with Crippen LogP contribution in [0, 0.1) is 5.92 Å². The zero-order valence-electron chi connectivity index (χ0n) is 17.0. The van der Waals surface area contributed by atoms with E-state index in [2.05, 4.69) is 25.6 Å². The Hall–Kier alpha value is -3.30. The van der Waals surface area contributed by atoms with E-state index in [4.69, 9.17) is 21.2 Å². The molecule has 178 valence electrons. The second-order valence-electron chi connectivity index (χ2n) is 6.74. The van der Waals surface area contributed by atoms with Crippen molar-refractivity contribution >= 4 is 63.4 Å². The lowest BCUT2D eigenvalue weighted by atomic mass is 10.1. The third kappa shape index (κ3) is 5.04. The molecule has 2 saturated heterocycles. The van der Waals surface area contributed by atoms with Gasteiger partial charge in [-0.15, -0.1) is 22.9 Å². The Morgan fingerprint density at radius 3 is 2.82 bits per heavy atom. The summed E-state index contributed by atoms with van der Waals surface area (Å²) in [6, 6.07) is 0. The van der Waals surface area contributed by atoms with Crippen LogP contribution in [0.3, 0.4) is 0 Å². The molecular formula is C17H18ClN5O9S. The number of carboxylic acids is 1. The minimum Gasteiger partial charge on any atom is -0.477 e. The molecule has 1 unspecified atom stereocenters. The monoisotopic (exact) mass is 503 g/mol. The highest BCUT2D eigenvalue weighted by Gasteiger charge is 2.58. The molecule has 3 amide bonds. The van der Waals surface area contributed by atoms with Crippen molar-refractivity contribution in [3.8, 4) is 0 Å². The SMILES string of the molecule is CO/N=C(\C(=O)NC[C@H]1CON(C2(C(=O)O)CCC(=O)O2)C1=O)c1csc(NC(=O)CCl)n1. The van der Waals surface area contributed by atoms with Gasteiger partial charge in [-0.25, -0.2) is 9.78 Å². The number of rotatable bonds is 9. The molecule has 0 radical (unpaired) electrons. The molecule has 2 aliphatic rings. The third-order valence-corrected chi connectivity index (χ3v) is 5.59. The third-order valence-electron chi connectivity index (χ3n) is 4.59. The number of alkyl halides is 1. The topological polar surface area (TPSA) is 186 Å². The van der Waals surface area contributed by atoms with Crippen LogP contribution >= 0.6 is 22.9 Å². The molecule has 2 aliphatic heterocycles. The molecule has 0 bridgehead atoms. The van der Waals surface area contributed by atoms with Crippen molar-refractivity contribution in [2.24, 2.45) is 11.1 Å². The van der Waals surface area contributed by atoms with Gasteiger partial charge in [0.15, 0.2) is 10.8 Å². The number of thiazole rings is 1. The summed E-state index contributed by atoms with van der Waals surface area (Å²) in [6.45, 7) is -0.478. The number of anilines is 1. The van der Waals surface area contributed by atoms with Gasteiger partial charge in [-0.05, 0) is 0 Å². The molecule has 1 aromatic rings. The Morgan fingerprint density at radius 1 is 1.45 bits per heavy atom. The average molecular weight is 504 g/mol. The molecule has 3 heterocycles. The number of hydrogen-bond donors (Lipinski definition) is 3. The van der Waals surface area contributed by atoms with Gasteiger partial charge in [0.2, 0.25) is 5.91 Å². The fourth-order valence-electron chi connectivity index (χ4n) is 3.02. The maximum atomic E-state index is 12.7. The van der Waals surface area contributed by atoms with E-state index in [-0.39, 0.29) is 48.4 Å². The molecule has 3 N–H and O–H groups in total. The van der Waals surface area contributed by atoms with Crippen LogP contribution in [0.25, 0.3) is 0 Å². The predicted molar refractivity (Wildman–Crippen MR) is 110 cm³/mol. The highest BCUT2D eigenvalue weighted by molar-refractivity contribution is 7.14. The second kappa shape index (κ2) is 10.1. The van der Waals surface area contributed by atoms with E-state index in [1.54, 1.807) is 0 Å². The van der Waals surface area contributed by atoms with Crippen LogP contribution in [0.1, 0.15) is 18.5 Å². The first-order chi connectivity index (χ1) is 15.7. The van der Waals surface area contributed by atoms with Crippen LogP contribution in [0.2, 0.25) is 0 Å². The summed E-state index contributed by atoms with van der Waals surface area (Å²) in [5, 5.41) is 20.2. The van der Waals surface area contributed by atoms with Crippen LogP contribution in [-0.2, 0) is 38.4 Å². The Balaban J connectivity index is 1.65. The Morgan fingerprint density at radius 2 is 2.21 bits per heavy atom. The first kappa shape index (κ1) is 24.3. The van der Waals surface area contributed by atoms with Crippen LogP contribution in [0.5, 0.6) is 0 Å². The molecular weight excluding hydrogens is 486 g/mol. The molecule has 1 aromatic heterocycles. The number of carbonyl (C=O) groups excluding carboxylic acids is 4. The van der Waals surface area contributed by atoms with Gasteiger partial charge < -0.3 is 25.3 Å². The van der Waals surface area contributed by atoms with Gasteiger partial charge in [0, 0.05) is 18.3 Å². The number of hydroxylamine groups is 2. The van der Waals surface area contributed by atoms with Gasteiger partial charge in [-0.3, -0.25) is 24.0 Å². The Kier molecular flexibility index (Phi) is 7.45. The summed E-state index contributed by atoms with van der Waals surface area (Å²) in [5.41, 5.74) is -2.36. The highest BCUT2D eigenvalue weighted by Crippen LogP contribution is 2.35. The molecule has 0 aromatic carbocycles. The summed E-state index contributed by atoms with van der Waals surface area (Å²) in [5.74, 6) is -5.52. The van der Waals surface area contributed by atoms with Crippen molar-refractivity contribution in [2.45, 2.75) is 18.6 Å². The van der Waals surface area contributed by atoms with Crippen molar-refractivity contribution < 1.29 is 43.5 Å². The van der Waals surface area contributed by atoms with Gasteiger partial charge in [0.05, 0.1) is 18.9 Å². The van der Waals surface area contributed by atoms with E-state index in [9.17, 15) is 29.1 Å². The maximum absolute atomic E-state index is 12.7. The van der Waals surface area contributed by atoms with E-state index >= 15 is 0 Å². The number of halogens is 1. The standard InChI is InChI=1S/C17H18ClN5O9S/c1-30-22-12(9-7-33-16(20-9)21-10(24)4-18)13(26)19-5-8-6-31-23(14(8)27)17(15(28)29)3-2-11(25)32-17/h7-8H,2-6H2,1H3,(H,19,26)(H,28,29)(H,20,21,24)/b22-12-/t8-,17?/m0/s1. The van der Waals surface area contributed by atoms with E-state index < -0.39 is 41.3 Å². The average Bonchev–Trinajstić information content (AvgIpc) is 3.49. The maximum Gasteiger partial charge on any atom is 0.372 e. The number of nitrogens with one attached hydrogen (secondary N) is 2. The Labute approximate surface area is 194 Å². The molecule has 0 aliphatic carbocycles. The zero-order chi connectivity index (χ0) is 24.2. The zero-order valence-corrected chi connectivity index (χ0v) is 18.6.